The lowest BCUT2D eigenvalue weighted by Crippen LogP contribution is -2.48. The third-order valence-electron chi connectivity index (χ3n) is 5.37. The highest BCUT2D eigenvalue weighted by atomic mass is 35.5. The van der Waals surface area contributed by atoms with Gasteiger partial charge in [0.1, 0.15) is 0 Å². The van der Waals surface area contributed by atoms with E-state index < -0.39 is 12.0 Å². The van der Waals surface area contributed by atoms with E-state index in [4.69, 9.17) is 32.7 Å². The molecule has 1 saturated heterocycles. The van der Waals surface area contributed by atoms with Crippen molar-refractivity contribution in [2.75, 3.05) is 26.9 Å². The fourth-order valence-corrected chi connectivity index (χ4v) is 4.36. The van der Waals surface area contributed by atoms with Crippen molar-refractivity contribution in [2.45, 2.75) is 31.3 Å². The normalized spacial score (nSPS) is 15.5. The Balaban J connectivity index is 1.72. The zero-order valence-corrected chi connectivity index (χ0v) is 18.4. The molecule has 0 radical (unpaired) electrons. The minimum Gasteiger partial charge on any atom is -0.493 e. The molecule has 2 aromatic carbocycles. The Labute approximate surface area is 189 Å². The van der Waals surface area contributed by atoms with Gasteiger partial charge >= 0.3 is 6.61 Å². The molecule has 1 heterocycles. The van der Waals surface area contributed by atoms with Gasteiger partial charge in [0.15, 0.2) is 11.5 Å². The molecule has 3 rings (SSSR count). The molecule has 5 nitrogen and oxygen atoms in total. The highest BCUT2D eigenvalue weighted by molar-refractivity contribution is 6.35. The minimum atomic E-state index is -2.96. The van der Waals surface area contributed by atoms with Crippen molar-refractivity contribution in [1.29, 1.82) is 0 Å². The van der Waals surface area contributed by atoms with Crippen molar-refractivity contribution in [1.82, 2.24) is 5.32 Å². The van der Waals surface area contributed by atoms with E-state index >= 15 is 0 Å². The maximum Gasteiger partial charge on any atom is 0.387 e. The predicted octanol–water partition coefficient (Wildman–Crippen LogP) is 5.01. The van der Waals surface area contributed by atoms with Crippen LogP contribution in [0.5, 0.6) is 11.5 Å². The Morgan fingerprint density at radius 3 is 2.55 bits per heavy atom. The van der Waals surface area contributed by atoms with Crippen LogP contribution in [0.15, 0.2) is 36.4 Å². The predicted molar refractivity (Wildman–Crippen MR) is 115 cm³/mol. The van der Waals surface area contributed by atoms with Gasteiger partial charge in [-0.2, -0.15) is 8.78 Å². The standard InChI is InChI=1S/C22H23Cl2F2NO4/c1-29-18-5-2-14(12-19(18)31-21(25)26)6-9-27-20(28)22(7-10-30-11-8-22)16-4-3-15(23)13-17(16)24/h2-5,12-13,21H,6-11H2,1H3,(H,27,28). The summed E-state index contributed by atoms with van der Waals surface area (Å²) < 4.78 is 40.3. The number of ether oxygens (including phenoxy) is 3. The van der Waals surface area contributed by atoms with E-state index in [2.05, 4.69) is 10.1 Å². The molecule has 0 saturated carbocycles. The Morgan fingerprint density at radius 1 is 1.16 bits per heavy atom. The highest BCUT2D eigenvalue weighted by Crippen LogP contribution is 2.40. The number of carbonyl (C=O) groups excluding carboxylic acids is 1. The van der Waals surface area contributed by atoms with Gasteiger partial charge in [0.05, 0.1) is 12.5 Å². The van der Waals surface area contributed by atoms with Gasteiger partial charge in [-0.25, -0.2) is 0 Å². The van der Waals surface area contributed by atoms with Crippen molar-refractivity contribution in [2.24, 2.45) is 0 Å². The van der Waals surface area contributed by atoms with Crippen LogP contribution in [-0.2, 0) is 21.4 Å². The molecule has 1 amide bonds. The van der Waals surface area contributed by atoms with Crippen LogP contribution in [0.2, 0.25) is 10.0 Å². The Hall–Kier alpha value is -2.09. The van der Waals surface area contributed by atoms with Gasteiger partial charge in [0.25, 0.3) is 0 Å². The first-order valence-corrected chi connectivity index (χ1v) is 10.5. The molecule has 168 valence electrons. The maximum atomic E-state index is 13.3. The first kappa shape index (κ1) is 23.6. The highest BCUT2D eigenvalue weighted by Gasteiger charge is 2.42. The van der Waals surface area contributed by atoms with E-state index in [1.807, 2.05) is 0 Å². The second kappa shape index (κ2) is 10.5. The molecular weight excluding hydrogens is 451 g/mol. The van der Waals surface area contributed by atoms with Crippen LogP contribution in [0.3, 0.4) is 0 Å². The molecule has 1 fully saturated rings. The molecule has 1 aliphatic rings. The molecule has 0 aliphatic carbocycles. The first-order chi connectivity index (χ1) is 14.9. The fourth-order valence-electron chi connectivity index (χ4n) is 3.77. The van der Waals surface area contributed by atoms with E-state index in [1.54, 1.807) is 30.3 Å². The van der Waals surface area contributed by atoms with E-state index in [1.165, 1.54) is 13.2 Å². The average molecular weight is 474 g/mol. The smallest absolute Gasteiger partial charge is 0.387 e. The van der Waals surface area contributed by atoms with Gasteiger partial charge in [-0.1, -0.05) is 35.3 Å². The molecule has 0 aromatic heterocycles. The molecule has 1 aliphatic heterocycles. The summed E-state index contributed by atoms with van der Waals surface area (Å²) in [5.41, 5.74) is 0.628. The average Bonchev–Trinajstić information content (AvgIpc) is 2.74. The summed E-state index contributed by atoms with van der Waals surface area (Å²) in [6, 6.07) is 9.91. The molecule has 31 heavy (non-hydrogen) atoms. The van der Waals surface area contributed by atoms with Gasteiger partial charge in [0.2, 0.25) is 5.91 Å². The molecule has 0 unspecified atom stereocenters. The van der Waals surface area contributed by atoms with Crippen molar-refractivity contribution in [3.8, 4) is 11.5 Å². The summed E-state index contributed by atoms with van der Waals surface area (Å²) in [7, 11) is 1.38. The third kappa shape index (κ3) is 5.59. The summed E-state index contributed by atoms with van der Waals surface area (Å²) in [5.74, 6) is 0.0133. The quantitative estimate of drug-likeness (QED) is 0.585. The second-order valence-corrected chi connectivity index (χ2v) is 8.03. The van der Waals surface area contributed by atoms with Gasteiger partial charge in [0, 0.05) is 29.8 Å². The lowest BCUT2D eigenvalue weighted by Gasteiger charge is -2.37. The molecule has 2 aromatic rings. The molecule has 1 N–H and O–H groups in total. The number of rotatable bonds is 8. The Kier molecular flexibility index (Phi) is 7.97. The zero-order valence-electron chi connectivity index (χ0n) is 16.9. The Morgan fingerprint density at radius 2 is 1.90 bits per heavy atom. The van der Waals surface area contributed by atoms with E-state index in [9.17, 15) is 13.6 Å². The van der Waals surface area contributed by atoms with Crippen LogP contribution in [0, 0.1) is 0 Å². The monoisotopic (exact) mass is 473 g/mol. The largest absolute Gasteiger partial charge is 0.493 e. The molecule has 0 spiro atoms. The van der Waals surface area contributed by atoms with Gasteiger partial charge in [-0.05, 0) is 54.7 Å². The van der Waals surface area contributed by atoms with Crippen molar-refractivity contribution < 1.29 is 27.8 Å². The molecule has 0 atom stereocenters. The van der Waals surface area contributed by atoms with Gasteiger partial charge in [-0.15, -0.1) is 0 Å². The molecule has 0 bridgehead atoms. The number of methoxy groups -OCH3 is 1. The number of hydrogen-bond donors (Lipinski definition) is 1. The first-order valence-electron chi connectivity index (χ1n) is 9.79. The second-order valence-electron chi connectivity index (χ2n) is 7.19. The fraction of sp³-hybridized carbons (Fsp3) is 0.409. The zero-order chi connectivity index (χ0) is 22.4. The molecule has 9 heteroatoms. The summed E-state index contributed by atoms with van der Waals surface area (Å²) in [6.07, 6.45) is 1.42. The summed E-state index contributed by atoms with van der Waals surface area (Å²) in [4.78, 5) is 13.3. The SMILES string of the molecule is COc1ccc(CCNC(=O)C2(c3ccc(Cl)cc3Cl)CCOCC2)cc1OC(F)F. The maximum absolute atomic E-state index is 13.3. The third-order valence-corrected chi connectivity index (χ3v) is 5.92. The van der Waals surface area contributed by atoms with E-state index in [0.717, 1.165) is 11.1 Å². The number of carbonyl (C=O) groups is 1. The van der Waals surface area contributed by atoms with Gasteiger partial charge < -0.3 is 19.5 Å². The van der Waals surface area contributed by atoms with Crippen LogP contribution < -0.4 is 14.8 Å². The lowest BCUT2D eigenvalue weighted by atomic mass is 9.73. The summed E-state index contributed by atoms with van der Waals surface area (Å²) >= 11 is 12.4. The van der Waals surface area contributed by atoms with Crippen molar-refractivity contribution in [3.05, 3.63) is 57.6 Å². The van der Waals surface area contributed by atoms with E-state index in [0.29, 0.717) is 49.1 Å². The van der Waals surface area contributed by atoms with Crippen LogP contribution >= 0.6 is 23.2 Å². The number of nitrogens with one attached hydrogen (secondary N) is 1. The Bertz CT molecular complexity index is 920. The topological polar surface area (TPSA) is 56.8 Å². The number of amides is 1. The van der Waals surface area contributed by atoms with Gasteiger partial charge in [-0.3, -0.25) is 4.79 Å². The van der Waals surface area contributed by atoms with Crippen LogP contribution in [0.4, 0.5) is 8.78 Å². The van der Waals surface area contributed by atoms with Crippen molar-refractivity contribution >= 4 is 29.1 Å². The number of hydrogen-bond acceptors (Lipinski definition) is 4. The summed E-state index contributed by atoms with van der Waals surface area (Å²) in [5, 5.41) is 3.90. The summed E-state index contributed by atoms with van der Waals surface area (Å²) in [6.45, 7) is -1.76. The molecular formula is C22H23Cl2F2NO4. The number of alkyl halides is 2. The van der Waals surface area contributed by atoms with Crippen LogP contribution in [0.1, 0.15) is 24.0 Å². The van der Waals surface area contributed by atoms with Crippen LogP contribution in [-0.4, -0.2) is 39.4 Å². The van der Waals surface area contributed by atoms with Crippen molar-refractivity contribution in [3.63, 3.8) is 0 Å². The number of halogens is 4. The van der Waals surface area contributed by atoms with Crippen LogP contribution in [0.25, 0.3) is 0 Å². The lowest BCUT2D eigenvalue weighted by molar-refractivity contribution is -0.130. The number of benzene rings is 2. The minimum absolute atomic E-state index is 0.0461. The van der Waals surface area contributed by atoms with E-state index in [-0.39, 0.29) is 17.4 Å².